The van der Waals surface area contributed by atoms with E-state index in [0.717, 1.165) is 11.3 Å². The number of hydrogen-bond acceptors (Lipinski definition) is 6. The van der Waals surface area contributed by atoms with Gasteiger partial charge in [-0.1, -0.05) is 19.1 Å². The summed E-state index contributed by atoms with van der Waals surface area (Å²) in [5, 5.41) is 24.8. The van der Waals surface area contributed by atoms with E-state index >= 15 is 0 Å². The Balaban J connectivity index is 2.13. The highest BCUT2D eigenvalue weighted by molar-refractivity contribution is 6.42. The second-order valence-corrected chi connectivity index (χ2v) is 4.70. The summed E-state index contributed by atoms with van der Waals surface area (Å²) in [5.41, 5.74) is 6.48. The van der Waals surface area contributed by atoms with Gasteiger partial charge in [-0.2, -0.15) is 15.5 Å². The summed E-state index contributed by atoms with van der Waals surface area (Å²) in [7, 11) is 0. The molecule has 0 bridgehead atoms. The van der Waals surface area contributed by atoms with Crippen LogP contribution < -0.4 is 10.9 Å². The van der Waals surface area contributed by atoms with Crippen LogP contribution in [0.1, 0.15) is 18.9 Å². The number of anilines is 1. The number of amides is 1. The normalized spacial score (nSPS) is 18.0. The zero-order chi connectivity index (χ0) is 16.1. The minimum Gasteiger partial charge on any atom is -0.476 e. The van der Waals surface area contributed by atoms with Gasteiger partial charge in [0.25, 0.3) is 0 Å². The first kappa shape index (κ1) is 15.2. The van der Waals surface area contributed by atoms with Crippen molar-refractivity contribution in [3.63, 3.8) is 0 Å². The molecule has 1 aliphatic rings. The molecule has 0 radical (unpaired) electrons. The van der Waals surface area contributed by atoms with E-state index in [1.807, 2.05) is 6.92 Å². The SMILES string of the molecule is C[C@@H]1CC(=O)NN=C1c1ccc(N/N=C(\C#N)C(=O)O)cc1. The standard InChI is InChI=1S/C14H13N5O3/c1-8-6-12(20)18-19-13(8)9-2-4-10(5-3-9)16-17-11(7-15)14(21)22/h2-5,8,16H,6H2,1H3,(H,18,20)(H,21,22)/b17-11+/t8-/m1/s1. The van der Waals surface area contributed by atoms with Gasteiger partial charge < -0.3 is 5.11 Å². The number of carbonyl (C=O) groups excluding carboxylic acids is 1. The van der Waals surface area contributed by atoms with Gasteiger partial charge in [0.05, 0.1) is 11.4 Å². The van der Waals surface area contributed by atoms with Crippen LogP contribution in [0.4, 0.5) is 5.69 Å². The molecule has 22 heavy (non-hydrogen) atoms. The second-order valence-electron chi connectivity index (χ2n) is 4.70. The number of carbonyl (C=O) groups is 2. The van der Waals surface area contributed by atoms with Crippen LogP contribution in [0.25, 0.3) is 0 Å². The van der Waals surface area contributed by atoms with E-state index in [2.05, 4.69) is 21.1 Å². The van der Waals surface area contributed by atoms with Crippen molar-refractivity contribution in [2.45, 2.75) is 13.3 Å². The van der Waals surface area contributed by atoms with E-state index in [4.69, 9.17) is 10.4 Å². The number of hydrazone groups is 2. The van der Waals surface area contributed by atoms with E-state index in [9.17, 15) is 9.59 Å². The van der Waals surface area contributed by atoms with Gasteiger partial charge in [-0.05, 0) is 17.7 Å². The Hall–Kier alpha value is -3.21. The van der Waals surface area contributed by atoms with Crippen LogP contribution in [-0.4, -0.2) is 28.4 Å². The summed E-state index contributed by atoms with van der Waals surface area (Å²) >= 11 is 0. The third kappa shape index (κ3) is 3.46. The molecule has 112 valence electrons. The van der Waals surface area contributed by atoms with Crippen LogP contribution in [0.5, 0.6) is 0 Å². The van der Waals surface area contributed by atoms with Crippen molar-refractivity contribution in [1.82, 2.24) is 5.43 Å². The molecule has 1 atom stereocenters. The molecule has 8 heteroatoms. The molecule has 0 aromatic heterocycles. The van der Waals surface area contributed by atoms with E-state index in [-0.39, 0.29) is 11.8 Å². The molecule has 0 saturated heterocycles. The minimum absolute atomic E-state index is 0.0165. The molecule has 0 aliphatic carbocycles. The molecule has 8 nitrogen and oxygen atoms in total. The van der Waals surface area contributed by atoms with E-state index in [0.29, 0.717) is 12.1 Å². The molecule has 0 unspecified atom stereocenters. The Kier molecular flexibility index (Phi) is 4.48. The lowest BCUT2D eigenvalue weighted by molar-refractivity contribution is -0.129. The topological polar surface area (TPSA) is 127 Å². The van der Waals surface area contributed by atoms with Crippen molar-refractivity contribution in [3.05, 3.63) is 29.8 Å². The molecule has 1 heterocycles. The van der Waals surface area contributed by atoms with E-state index < -0.39 is 11.7 Å². The highest BCUT2D eigenvalue weighted by Gasteiger charge is 2.21. The molecule has 1 amide bonds. The largest absolute Gasteiger partial charge is 0.476 e. The first-order chi connectivity index (χ1) is 10.5. The van der Waals surface area contributed by atoms with Crippen molar-refractivity contribution >= 4 is 29.0 Å². The maximum absolute atomic E-state index is 11.2. The van der Waals surface area contributed by atoms with Crippen LogP contribution in [-0.2, 0) is 9.59 Å². The molecule has 1 aromatic carbocycles. The zero-order valence-electron chi connectivity index (χ0n) is 11.7. The summed E-state index contributed by atoms with van der Waals surface area (Å²) < 4.78 is 0. The van der Waals surface area contributed by atoms with Crippen LogP contribution in [0.2, 0.25) is 0 Å². The van der Waals surface area contributed by atoms with Crippen LogP contribution >= 0.6 is 0 Å². The Morgan fingerprint density at radius 1 is 1.50 bits per heavy atom. The van der Waals surface area contributed by atoms with E-state index in [1.54, 1.807) is 24.3 Å². The number of carboxylic acid groups (broad SMARTS) is 1. The number of aliphatic carboxylic acids is 1. The zero-order valence-corrected chi connectivity index (χ0v) is 11.7. The summed E-state index contributed by atoms with van der Waals surface area (Å²) in [5.74, 6) is -1.49. The number of rotatable bonds is 4. The average molecular weight is 299 g/mol. The highest BCUT2D eigenvalue weighted by Crippen LogP contribution is 2.18. The predicted octanol–water partition coefficient (Wildman–Crippen LogP) is 0.923. The number of nitrogens with one attached hydrogen (secondary N) is 2. The molecule has 1 aliphatic heterocycles. The number of nitriles is 1. The van der Waals surface area contributed by atoms with Gasteiger partial charge in [0.15, 0.2) is 0 Å². The quantitative estimate of drug-likeness (QED) is 0.563. The lowest BCUT2D eigenvalue weighted by Gasteiger charge is -2.19. The summed E-state index contributed by atoms with van der Waals surface area (Å²) in [4.78, 5) is 21.9. The Bertz CT molecular complexity index is 700. The van der Waals surface area contributed by atoms with Crippen molar-refractivity contribution in [2.75, 3.05) is 5.43 Å². The summed E-state index contributed by atoms with van der Waals surface area (Å²) in [6.45, 7) is 1.92. The lowest BCUT2D eigenvalue weighted by atomic mass is 9.94. The monoisotopic (exact) mass is 299 g/mol. The van der Waals surface area contributed by atoms with Gasteiger partial charge in [0.2, 0.25) is 11.6 Å². The van der Waals surface area contributed by atoms with Gasteiger partial charge in [-0.3, -0.25) is 10.2 Å². The molecule has 0 fully saturated rings. The molecule has 1 aromatic rings. The number of benzene rings is 1. The van der Waals surface area contributed by atoms with Crippen molar-refractivity contribution < 1.29 is 14.7 Å². The summed E-state index contributed by atoms with van der Waals surface area (Å²) in [6, 6.07) is 8.39. The summed E-state index contributed by atoms with van der Waals surface area (Å²) in [6.07, 6.45) is 0.382. The van der Waals surface area contributed by atoms with Gasteiger partial charge in [-0.15, -0.1) is 0 Å². The molecule has 2 rings (SSSR count). The van der Waals surface area contributed by atoms with E-state index in [1.165, 1.54) is 6.07 Å². The van der Waals surface area contributed by atoms with Gasteiger partial charge in [0, 0.05) is 12.3 Å². The van der Waals surface area contributed by atoms with Gasteiger partial charge in [0.1, 0.15) is 6.07 Å². The minimum atomic E-state index is -1.40. The fourth-order valence-corrected chi connectivity index (χ4v) is 1.96. The van der Waals surface area contributed by atoms with Crippen LogP contribution in [0.15, 0.2) is 34.5 Å². The third-order valence-electron chi connectivity index (χ3n) is 3.05. The van der Waals surface area contributed by atoms with Crippen molar-refractivity contribution in [1.29, 1.82) is 5.26 Å². The molecule has 3 N–H and O–H groups in total. The Labute approximate surface area is 126 Å². The molecular formula is C14H13N5O3. The number of nitrogens with zero attached hydrogens (tertiary/aromatic N) is 3. The Morgan fingerprint density at radius 2 is 2.18 bits per heavy atom. The third-order valence-corrected chi connectivity index (χ3v) is 3.05. The van der Waals surface area contributed by atoms with Crippen molar-refractivity contribution in [2.24, 2.45) is 16.1 Å². The van der Waals surface area contributed by atoms with Gasteiger partial charge in [-0.25, -0.2) is 10.2 Å². The maximum Gasteiger partial charge on any atom is 0.367 e. The van der Waals surface area contributed by atoms with Crippen molar-refractivity contribution in [3.8, 4) is 6.07 Å². The predicted molar refractivity (Wildman–Crippen MR) is 79.2 cm³/mol. The van der Waals surface area contributed by atoms with Gasteiger partial charge >= 0.3 is 5.97 Å². The fraction of sp³-hybridized carbons (Fsp3) is 0.214. The Morgan fingerprint density at radius 3 is 2.73 bits per heavy atom. The smallest absolute Gasteiger partial charge is 0.367 e. The average Bonchev–Trinajstić information content (AvgIpc) is 2.48. The fourth-order valence-electron chi connectivity index (χ4n) is 1.96. The molecule has 0 spiro atoms. The maximum atomic E-state index is 11.2. The first-order valence-electron chi connectivity index (χ1n) is 6.45. The second kappa shape index (κ2) is 6.49. The van der Waals surface area contributed by atoms with Crippen LogP contribution in [0.3, 0.4) is 0 Å². The number of hydrogen-bond donors (Lipinski definition) is 3. The first-order valence-corrected chi connectivity index (χ1v) is 6.45. The molecular weight excluding hydrogens is 286 g/mol. The lowest BCUT2D eigenvalue weighted by Crippen LogP contribution is -2.31. The number of carboxylic acids is 1. The van der Waals surface area contributed by atoms with Crippen LogP contribution in [0, 0.1) is 17.2 Å². The molecule has 0 saturated carbocycles. The highest BCUT2D eigenvalue weighted by atomic mass is 16.4.